The number of carbonyl (C=O) groups is 3. The lowest BCUT2D eigenvalue weighted by Crippen LogP contribution is -2.49. The molecule has 1 aliphatic heterocycles. The average Bonchev–Trinajstić information content (AvgIpc) is 2.95. The highest BCUT2D eigenvalue weighted by Crippen LogP contribution is 2.30. The van der Waals surface area contributed by atoms with Crippen LogP contribution >= 0.6 is 15.9 Å². The van der Waals surface area contributed by atoms with Crippen molar-refractivity contribution in [1.29, 1.82) is 0 Å². The van der Waals surface area contributed by atoms with Gasteiger partial charge in [-0.3, -0.25) is 14.4 Å². The summed E-state index contributed by atoms with van der Waals surface area (Å²) in [6, 6.07) is 12.4. The Hall–Kier alpha value is -2.72. The molecule has 2 aromatic carbocycles. The lowest BCUT2D eigenvalue weighted by atomic mass is 10.1. The van der Waals surface area contributed by atoms with Gasteiger partial charge in [-0.15, -0.1) is 0 Å². The molecule has 0 fully saturated rings. The second-order valence-electron chi connectivity index (χ2n) is 8.12. The molecule has 0 spiro atoms. The highest BCUT2D eigenvalue weighted by Gasteiger charge is 2.41. The number of nitrogens with zero attached hydrogens (tertiary/aromatic N) is 2. The van der Waals surface area contributed by atoms with Gasteiger partial charge in [-0.25, -0.2) is 12.7 Å². The minimum atomic E-state index is -4.01. The van der Waals surface area contributed by atoms with E-state index < -0.39 is 27.9 Å². The smallest absolute Gasteiger partial charge is 0.269 e. The summed E-state index contributed by atoms with van der Waals surface area (Å²) in [5, 5.41) is 2.80. The minimum Gasteiger partial charge on any atom is -0.352 e. The zero-order chi connectivity index (χ0) is 24.3. The summed E-state index contributed by atoms with van der Waals surface area (Å²) in [4.78, 5) is 39.8. The van der Waals surface area contributed by atoms with Crippen LogP contribution in [0.5, 0.6) is 0 Å². The largest absolute Gasteiger partial charge is 0.352 e. The minimum absolute atomic E-state index is 0.0573. The molecule has 1 atom stereocenters. The molecule has 0 unspecified atom stereocenters. The first-order valence-corrected chi connectivity index (χ1v) is 12.8. The molecule has 176 valence electrons. The number of fused-ring (bicyclic) bond motifs is 1. The van der Waals surface area contributed by atoms with E-state index in [1.807, 2.05) is 38.1 Å². The van der Waals surface area contributed by atoms with Crippen molar-refractivity contribution in [2.24, 2.45) is 0 Å². The number of halogens is 1. The van der Waals surface area contributed by atoms with Gasteiger partial charge in [0.05, 0.1) is 5.56 Å². The first-order chi connectivity index (χ1) is 15.5. The first-order valence-electron chi connectivity index (χ1n) is 10.5. The standard InChI is InChI=1S/C23H26BrN3O5S/c1-15(2)25-22(29)16(3)26(14-17-7-6-8-18(24)13-17)21(28)11-12-27-23(30)19-9-4-5-10-20(19)33(27,31)32/h4-10,13,15-16H,11-12,14H2,1-3H3,(H,25,29)/t16-/m1/s1. The highest BCUT2D eigenvalue weighted by atomic mass is 79.9. The van der Waals surface area contributed by atoms with E-state index in [0.717, 1.165) is 14.3 Å². The molecule has 1 aliphatic rings. The van der Waals surface area contributed by atoms with E-state index in [9.17, 15) is 22.8 Å². The van der Waals surface area contributed by atoms with E-state index in [4.69, 9.17) is 0 Å². The zero-order valence-corrected chi connectivity index (χ0v) is 21.0. The summed E-state index contributed by atoms with van der Waals surface area (Å²) >= 11 is 3.40. The molecule has 0 saturated heterocycles. The Morgan fingerprint density at radius 1 is 1.09 bits per heavy atom. The molecule has 0 aliphatic carbocycles. The van der Waals surface area contributed by atoms with E-state index in [-0.39, 0.29) is 41.9 Å². The molecule has 0 radical (unpaired) electrons. The Labute approximate surface area is 202 Å². The molecule has 10 heteroatoms. The van der Waals surface area contributed by atoms with Gasteiger partial charge < -0.3 is 10.2 Å². The van der Waals surface area contributed by atoms with Crippen molar-refractivity contribution >= 4 is 43.7 Å². The Bertz CT molecular complexity index is 1180. The number of carbonyl (C=O) groups excluding carboxylic acids is 3. The number of hydrogen-bond donors (Lipinski definition) is 1. The van der Waals surface area contributed by atoms with Crippen LogP contribution in [0.25, 0.3) is 0 Å². The molecule has 3 amide bonds. The Morgan fingerprint density at radius 2 is 1.79 bits per heavy atom. The fourth-order valence-corrected chi connectivity index (χ4v) is 5.63. The summed E-state index contributed by atoms with van der Waals surface area (Å²) in [6.07, 6.45) is -0.244. The fraction of sp³-hybridized carbons (Fsp3) is 0.348. The lowest BCUT2D eigenvalue weighted by molar-refractivity contribution is -0.140. The molecule has 33 heavy (non-hydrogen) atoms. The third kappa shape index (κ3) is 5.44. The van der Waals surface area contributed by atoms with Gasteiger partial charge in [-0.2, -0.15) is 0 Å². The van der Waals surface area contributed by atoms with Crippen molar-refractivity contribution in [3.05, 3.63) is 64.1 Å². The summed E-state index contributed by atoms with van der Waals surface area (Å²) in [5.41, 5.74) is 0.903. The van der Waals surface area contributed by atoms with Crippen LogP contribution < -0.4 is 5.32 Å². The van der Waals surface area contributed by atoms with Gasteiger partial charge in [0.25, 0.3) is 15.9 Å². The van der Waals surface area contributed by atoms with Crippen LogP contribution in [-0.4, -0.2) is 54.0 Å². The fourth-order valence-electron chi connectivity index (χ4n) is 3.61. The molecule has 0 aromatic heterocycles. The molecule has 0 bridgehead atoms. The van der Waals surface area contributed by atoms with Crippen LogP contribution in [0.4, 0.5) is 0 Å². The van der Waals surface area contributed by atoms with Crippen molar-refractivity contribution < 1.29 is 22.8 Å². The SMILES string of the molecule is CC(C)NC(=O)[C@@H](C)N(Cc1cccc(Br)c1)C(=O)CCN1C(=O)c2ccccc2S1(=O)=O. The quantitative estimate of drug-likeness (QED) is 0.559. The number of benzene rings is 2. The van der Waals surface area contributed by atoms with Gasteiger partial charge in [0, 0.05) is 30.0 Å². The zero-order valence-electron chi connectivity index (χ0n) is 18.6. The third-order valence-corrected chi connectivity index (χ3v) is 7.61. The van der Waals surface area contributed by atoms with Crippen LogP contribution in [0.3, 0.4) is 0 Å². The van der Waals surface area contributed by atoms with E-state index in [1.54, 1.807) is 19.1 Å². The third-order valence-electron chi connectivity index (χ3n) is 5.28. The van der Waals surface area contributed by atoms with E-state index in [1.165, 1.54) is 17.0 Å². The monoisotopic (exact) mass is 535 g/mol. The van der Waals surface area contributed by atoms with Gasteiger partial charge in [-0.1, -0.05) is 40.2 Å². The Balaban J connectivity index is 1.80. The molecule has 0 saturated carbocycles. The second kappa shape index (κ2) is 10.0. The molecule has 1 heterocycles. The van der Waals surface area contributed by atoms with Crippen molar-refractivity contribution in [2.75, 3.05) is 6.54 Å². The van der Waals surface area contributed by atoms with Crippen LogP contribution in [0, 0.1) is 0 Å². The number of amides is 3. The second-order valence-corrected chi connectivity index (χ2v) is 10.9. The number of hydrogen-bond acceptors (Lipinski definition) is 5. The topological polar surface area (TPSA) is 104 Å². The summed E-state index contributed by atoms with van der Waals surface area (Å²) in [5.74, 6) is -1.39. The number of nitrogens with one attached hydrogen (secondary N) is 1. The molecular weight excluding hydrogens is 510 g/mol. The Morgan fingerprint density at radius 3 is 2.42 bits per heavy atom. The molecule has 2 aromatic rings. The molecular formula is C23H26BrN3O5S. The normalized spacial score (nSPS) is 15.3. The van der Waals surface area contributed by atoms with E-state index in [0.29, 0.717) is 0 Å². The Kier molecular flexibility index (Phi) is 7.58. The van der Waals surface area contributed by atoms with Crippen molar-refractivity contribution in [3.63, 3.8) is 0 Å². The summed E-state index contributed by atoms with van der Waals surface area (Å²) < 4.78 is 27.1. The molecule has 8 nitrogen and oxygen atoms in total. The predicted octanol–water partition coefficient (Wildman–Crippen LogP) is 2.93. The van der Waals surface area contributed by atoms with Gasteiger partial charge in [0.1, 0.15) is 10.9 Å². The maximum absolute atomic E-state index is 13.2. The number of rotatable bonds is 8. The summed E-state index contributed by atoms with van der Waals surface area (Å²) in [7, 11) is -4.01. The highest BCUT2D eigenvalue weighted by molar-refractivity contribution is 9.10. The predicted molar refractivity (Wildman–Crippen MR) is 127 cm³/mol. The van der Waals surface area contributed by atoms with Gasteiger partial charge in [0.15, 0.2) is 0 Å². The van der Waals surface area contributed by atoms with Crippen LogP contribution in [0.1, 0.15) is 43.1 Å². The van der Waals surface area contributed by atoms with E-state index >= 15 is 0 Å². The molecule has 1 N–H and O–H groups in total. The van der Waals surface area contributed by atoms with Gasteiger partial charge in [0.2, 0.25) is 11.8 Å². The average molecular weight is 536 g/mol. The van der Waals surface area contributed by atoms with Gasteiger partial charge >= 0.3 is 0 Å². The summed E-state index contributed by atoms with van der Waals surface area (Å²) in [6.45, 7) is 5.13. The van der Waals surface area contributed by atoms with Crippen LogP contribution in [-0.2, 0) is 26.2 Å². The van der Waals surface area contributed by atoms with Crippen LogP contribution in [0.2, 0.25) is 0 Å². The van der Waals surface area contributed by atoms with Crippen molar-refractivity contribution in [1.82, 2.24) is 14.5 Å². The first kappa shape index (κ1) is 24.9. The van der Waals surface area contributed by atoms with E-state index in [2.05, 4.69) is 21.2 Å². The van der Waals surface area contributed by atoms with Crippen molar-refractivity contribution in [3.8, 4) is 0 Å². The maximum atomic E-state index is 13.2. The van der Waals surface area contributed by atoms with Crippen molar-refractivity contribution in [2.45, 2.75) is 50.7 Å². The van der Waals surface area contributed by atoms with Gasteiger partial charge in [-0.05, 0) is 50.6 Å². The lowest BCUT2D eigenvalue weighted by Gasteiger charge is -2.30. The number of sulfonamides is 1. The molecule has 3 rings (SSSR count). The maximum Gasteiger partial charge on any atom is 0.269 e. The van der Waals surface area contributed by atoms with Crippen LogP contribution in [0.15, 0.2) is 57.9 Å².